The summed E-state index contributed by atoms with van der Waals surface area (Å²) in [5.74, 6) is -1.27. The number of alkyl halides is 6. The van der Waals surface area contributed by atoms with Crippen molar-refractivity contribution in [3.63, 3.8) is 0 Å². The minimum atomic E-state index is -4.88. The zero-order valence-corrected chi connectivity index (χ0v) is 16.4. The van der Waals surface area contributed by atoms with Crippen molar-refractivity contribution in [3.8, 4) is 11.5 Å². The zero-order valence-electron chi connectivity index (χ0n) is 16.4. The first-order valence-electron chi connectivity index (χ1n) is 9.06. The van der Waals surface area contributed by atoms with Gasteiger partial charge in [0.1, 0.15) is 17.0 Å². The Bertz CT molecular complexity index is 1010. The van der Waals surface area contributed by atoms with Crippen LogP contribution >= 0.6 is 0 Å². The van der Waals surface area contributed by atoms with Crippen LogP contribution in [0, 0.1) is 0 Å². The van der Waals surface area contributed by atoms with Crippen LogP contribution in [0.25, 0.3) is 0 Å². The Morgan fingerprint density at radius 3 is 2.22 bits per heavy atom. The van der Waals surface area contributed by atoms with Crippen LogP contribution in [0.1, 0.15) is 18.1 Å². The molecule has 0 saturated carbocycles. The van der Waals surface area contributed by atoms with Crippen LogP contribution in [-0.4, -0.2) is 36.0 Å². The molecule has 0 radical (unpaired) electrons. The molecular weight excluding hydrogens is 446 g/mol. The average Bonchev–Trinajstić information content (AvgIpc) is 2.89. The number of carbonyl (C=O) groups excluding carboxylic acids is 2. The van der Waals surface area contributed by atoms with E-state index in [1.807, 2.05) is 0 Å². The van der Waals surface area contributed by atoms with Gasteiger partial charge in [-0.15, -0.1) is 13.2 Å². The van der Waals surface area contributed by atoms with E-state index in [4.69, 9.17) is 0 Å². The number of nitrogens with one attached hydrogen (secondary N) is 1. The summed E-state index contributed by atoms with van der Waals surface area (Å²) in [5, 5.41) is 2.49. The van der Waals surface area contributed by atoms with Crippen LogP contribution in [0.3, 0.4) is 0 Å². The number of halogens is 6. The van der Waals surface area contributed by atoms with Crippen molar-refractivity contribution in [2.24, 2.45) is 0 Å². The second-order valence-corrected chi connectivity index (χ2v) is 7.07. The van der Waals surface area contributed by atoms with E-state index in [9.17, 15) is 35.9 Å². The summed E-state index contributed by atoms with van der Waals surface area (Å²) in [6.07, 6.45) is -9.40. The van der Waals surface area contributed by atoms with E-state index < -0.39 is 42.4 Å². The van der Waals surface area contributed by atoms with E-state index in [0.29, 0.717) is 5.56 Å². The van der Waals surface area contributed by atoms with Gasteiger partial charge in [0.05, 0.1) is 6.54 Å². The van der Waals surface area contributed by atoms with Gasteiger partial charge in [0.2, 0.25) is 0 Å². The van der Waals surface area contributed by atoms with Crippen molar-refractivity contribution < 1.29 is 45.4 Å². The smallest absolute Gasteiger partial charge is 0.484 e. The molecule has 3 amide bonds. The zero-order chi connectivity index (χ0) is 23.7. The highest BCUT2D eigenvalue weighted by atomic mass is 19.4. The van der Waals surface area contributed by atoms with Crippen molar-refractivity contribution in [1.29, 1.82) is 0 Å². The maximum absolute atomic E-state index is 12.9. The first-order chi connectivity index (χ1) is 14.8. The molecule has 2 aromatic rings. The number of imide groups is 1. The third kappa shape index (κ3) is 5.42. The highest BCUT2D eigenvalue weighted by Gasteiger charge is 2.49. The van der Waals surface area contributed by atoms with Gasteiger partial charge in [-0.05, 0) is 42.3 Å². The standard InChI is InChI=1S/C20H16F6N2O4/c1-18(13-5-7-14(8-6-13)32-20(24,25)26)16(29)28(17(30)27-18)10-12-3-2-4-15(9-12)31-11-19(21,22)23/h2-9H,10-11H2,1H3,(H,27,30). The molecule has 2 aromatic carbocycles. The second kappa shape index (κ2) is 8.24. The lowest BCUT2D eigenvalue weighted by atomic mass is 9.92. The molecule has 1 aliphatic rings. The van der Waals surface area contributed by atoms with E-state index in [2.05, 4.69) is 14.8 Å². The van der Waals surface area contributed by atoms with Crippen molar-refractivity contribution >= 4 is 11.9 Å². The fourth-order valence-electron chi connectivity index (χ4n) is 3.11. The molecule has 3 rings (SSSR count). The number of carbonyl (C=O) groups is 2. The predicted octanol–water partition coefficient (Wildman–Crippen LogP) is 4.49. The van der Waals surface area contributed by atoms with Gasteiger partial charge in [0.25, 0.3) is 5.91 Å². The molecule has 172 valence electrons. The first kappa shape index (κ1) is 23.2. The molecule has 1 saturated heterocycles. The maximum Gasteiger partial charge on any atom is 0.573 e. The van der Waals surface area contributed by atoms with Crippen LogP contribution in [-0.2, 0) is 16.9 Å². The van der Waals surface area contributed by atoms with Crippen LogP contribution in [0.2, 0.25) is 0 Å². The highest BCUT2D eigenvalue weighted by Crippen LogP contribution is 2.32. The molecule has 12 heteroatoms. The molecule has 0 spiro atoms. The number of hydrogen-bond donors (Lipinski definition) is 1. The summed E-state index contributed by atoms with van der Waals surface area (Å²) in [7, 11) is 0. The topological polar surface area (TPSA) is 67.9 Å². The molecule has 0 aliphatic carbocycles. The molecule has 1 N–H and O–H groups in total. The summed E-state index contributed by atoms with van der Waals surface area (Å²) < 4.78 is 82.4. The van der Waals surface area contributed by atoms with Crippen LogP contribution in [0.5, 0.6) is 11.5 Å². The van der Waals surface area contributed by atoms with E-state index >= 15 is 0 Å². The maximum atomic E-state index is 12.9. The second-order valence-electron chi connectivity index (χ2n) is 7.07. The van der Waals surface area contributed by atoms with E-state index in [1.165, 1.54) is 43.3 Å². The van der Waals surface area contributed by atoms with Gasteiger partial charge in [-0.3, -0.25) is 9.69 Å². The lowest BCUT2D eigenvalue weighted by Gasteiger charge is -2.22. The molecule has 1 aliphatic heterocycles. The van der Waals surface area contributed by atoms with Crippen LogP contribution in [0.15, 0.2) is 48.5 Å². The molecule has 32 heavy (non-hydrogen) atoms. The summed E-state index contributed by atoms with van der Waals surface area (Å²) in [6.45, 7) is -0.361. The third-order valence-corrected chi connectivity index (χ3v) is 4.58. The average molecular weight is 462 g/mol. The normalized spacial score (nSPS) is 19.2. The highest BCUT2D eigenvalue weighted by molar-refractivity contribution is 6.07. The Morgan fingerprint density at radius 2 is 1.62 bits per heavy atom. The number of benzene rings is 2. The van der Waals surface area contributed by atoms with Crippen LogP contribution < -0.4 is 14.8 Å². The monoisotopic (exact) mass is 462 g/mol. The molecule has 1 unspecified atom stereocenters. The van der Waals surface area contributed by atoms with Crippen molar-refractivity contribution in [2.45, 2.75) is 31.5 Å². The molecule has 1 heterocycles. The predicted molar refractivity (Wildman–Crippen MR) is 97.6 cm³/mol. The number of amides is 3. The Kier molecular flexibility index (Phi) is 5.98. The number of ether oxygens (including phenoxy) is 2. The van der Waals surface area contributed by atoms with Crippen molar-refractivity contribution in [2.75, 3.05) is 6.61 Å². The lowest BCUT2D eigenvalue weighted by molar-refractivity contribution is -0.274. The summed E-state index contributed by atoms with van der Waals surface area (Å²) in [4.78, 5) is 26.2. The minimum Gasteiger partial charge on any atom is -0.484 e. The van der Waals surface area contributed by atoms with Gasteiger partial charge >= 0.3 is 18.6 Å². The number of urea groups is 1. The van der Waals surface area contributed by atoms with Gasteiger partial charge in [-0.1, -0.05) is 24.3 Å². The van der Waals surface area contributed by atoms with Gasteiger partial charge in [-0.2, -0.15) is 13.2 Å². The molecule has 1 fully saturated rings. The quantitative estimate of drug-likeness (QED) is 0.508. The molecule has 1 atom stereocenters. The molecule has 0 aromatic heterocycles. The Labute approximate surface area is 177 Å². The number of nitrogens with zero attached hydrogens (tertiary/aromatic N) is 1. The molecule has 6 nitrogen and oxygen atoms in total. The first-order valence-corrected chi connectivity index (χ1v) is 9.06. The van der Waals surface area contributed by atoms with E-state index in [1.54, 1.807) is 0 Å². The summed E-state index contributed by atoms with van der Waals surface area (Å²) >= 11 is 0. The van der Waals surface area contributed by atoms with Crippen molar-refractivity contribution in [1.82, 2.24) is 10.2 Å². The van der Waals surface area contributed by atoms with Gasteiger partial charge in [0, 0.05) is 0 Å². The number of rotatable bonds is 6. The van der Waals surface area contributed by atoms with E-state index in [-0.39, 0.29) is 17.9 Å². The van der Waals surface area contributed by atoms with Crippen molar-refractivity contribution in [3.05, 3.63) is 59.7 Å². The number of hydrogen-bond acceptors (Lipinski definition) is 4. The molecule has 0 bridgehead atoms. The minimum absolute atomic E-state index is 0.0881. The Hall–Kier alpha value is -3.44. The SMILES string of the molecule is CC1(c2ccc(OC(F)(F)F)cc2)NC(=O)N(Cc2cccc(OCC(F)(F)F)c2)C1=O. The van der Waals surface area contributed by atoms with Gasteiger partial charge < -0.3 is 14.8 Å². The lowest BCUT2D eigenvalue weighted by Crippen LogP contribution is -2.40. The third-order valence-electron chi connectivity index (χ3n) is 4.58. The fraction of sp³-hybridized carbons (Fsp3) is 0.300. The Morgan fingerprint density at radius 1 is 0.969 bits per heavy atom. The largest absolute Gasteiger partial charge is 0.573 e. The van der Waals surface area contributed by atoms with Gasteiger partial charge in [-0.25, -0.2) is 4.79 Å². The van der Waals surface area contributed by atoms with Crippen LogP contribution in [0.4, 0.5) is 31.1 Å². The Balaban J connectivity index is 1.74. The fourth-order valence-corrected chi connectivity index (χ4v) is 3.11. The van der Waals surface area contributed by atoms with Gasteiger partial charge in [0.15, 0.2) is 6.61 Å². The molecular formula is C20H16F6N2O4. The summed E-state index contributed by atoms with van der Waals surface area (Å²) in [6, 6.07) is 9.17. The van der Waals surface area contributed by atoms with E-state index in [0.717, 1.165) is 17.0 Å². The summed E-state index contributed by atoms with van der Waals surface area (Å²) in [5.41, 5.74) is -1.00.